The van der Waals surface area contributed by atoms with Crippen molar-refractivity contribution in [2.24, 2.45) is 5.92 Å². The number of amides is 6. The fourth-order valence-electron chi connectivity index (χ4n) is 7.26. The minimum absolute atomic E-state index is 0.127. The highest BCUT2D eigenvalue weighted by molar-refractivity contribution is 5.97. The number of carbonyl (C=O) groups excluding carboxylic acids is 17. The summed E-state index contributed by atoms with van der Waals surface area (Å²) in [4.78, 5) is 200. The van der Waals surface area contributed by atoms with Gasteiger partial charge in [0, 0.05) is 109 Å². The van der Waals surface area contributed by atoms with Crippen LogP contribution >= 0.6 is 0 Å². The smallest absolute Gasteiger partial charge is 0.331 e. The van der Waals surface area contributed by atoms with Crippen molar-refractivity contribution in [1.29, 1.82) is 0 Å². The van der Waals surface area contributed by atoms with Crippen LogP contribution in [-0.4, -0.2) is 184 Å². The first-order valence-electron chi connectivity index (χ1n) is 33.4. The van der Waals surface area contributed by atoms with Gasteiger partial charge in [-0.15, -0.1) is 0 Å². The van der Waals surface area contributed by atoms with Gasteiger partial charge in [-0.25, -0.2) is 57.5 Å². The lowest BCUT2D eigenvalue weighted by Crippen LogP contribution is -2.36. The normalized spacial score (nSPS) is 14.7. The van der Waals surface area contributed by atoms with Crippen LogP contribution in [0.15, 0.2) is 218 Å². The van der Waals surface area contributed by atoms with Gasteiger partial charge < -0.3 is 121 Å². The fourth-order valence-corrected chi connectivity index (χ4v) is 7.26. The number of carboxylic acid groups (broad SMARTS) is 1. The number of hydrogen-bond donors (Lipinski definition) is 13. The number of aliphatic carboxylic acids is 1. The molecule has 6 rings (SSSR count). The summed E-state index contributed by atoms with van der Waals surface area (Å²) in [5, 5.41) is 39.1. The minimum Gasteiger partial charge on any atom is -0.478 e. The van der Waals surface area contributed by atoms with Gasteiger partial charge >= 0.3 is 71.6 Å². The maximum atomic E-state index is 11.4. The van der Waals surface area contributed by atoms with Gasteiger partial charge in [-0.3, -0.25) is 28.8 Å². The van der Waals surface area contributed by atoms with E-state index in [1.54, 1.807) is 41.5 Å². The summed E-state index contributed by atoms with van der Waals surface area (Å²) in [6, 6.07) is 0. The summed E-state index contributed by atoms with van der Waals surface area (Å²) >= 11 is 0. The van der Waals surface area contributed by atoms with Gasteiger partial charge in [-0.05, 0) is 47.5 Å². The lowest BCUT2D eigenvalue weighted by atomic mass is 10.2. The van der Waals surface area contributed by atoms with Crippen molar-refractivity contribution in [2.75, 3.05) is 60.0 Å². The third kappa shape index (κ3) is 51.1. The molecule has 116 heavy (non-hydrogen) atoms. The molecule has 0 unspecified atom stereocenters. The van der Waals surface area contributed by atoms with Crippen LogP contribution in [-0.2, 0) is 138 Å². The number of esters is 11. The predicted octanol–water partition coefficient (Wildman–Crippen LogP) is -0.725. The Labute approximate surface area is 663 Å². The Morgan fingerprint density at radius 1 is 0.336 bits per heavy atom. The first-order chi connectivity index (χ1) is 54.4. The molecule has 6 amide bonds. The monoisotopic (exact) mass is 1620 g/mol. The molecule has 6 heterocycles. The van der Waals surface area contributed by atoms with Crippen LogP contribution in [0.25, 0.3) is 0 Å². The first kappa shape index (κ1) is 98.6. The van der Waals surface area contributed by atoms with Crippen molar-refractivity contribution in [3.05, 3.63) is 218 Å². The molecule has 0 aromatic rings. The topological polar surface area (TPSA) is 573 Å². The van der Waals surface area contributed by atoms with Crippen LogP contribution in [0, 0.1) is 5.92 Å². The van der Waals surface area contributed by atoms with E-state index in [9.17, 15) is 86.3 Å². The van der Waals surface area contributed by atoms with Gasteiger partial charge in [-0.2, -0.15) is 0 Å². The second kappa shape index (κ2) is 52.6. The van der Waals surface area contributed by atoms with Crippen LogP contribution < -0.4 is 63.8 Å². The Balaban J connectivity index is 0.000000697. The molecule has 6 aliphatic heterocycles. The zero-order valence-corrected chi connectivity index (χ0v) is 64.2. The standard InChI is InChI=1S/2C14H18N2O5.C13H16N2O5.C12H14N2O5.C11H12N2O5.C10H10N2O5/c1-9-15-10(7-11(17)16-9)8-20-12(18)5-6-13(19)21-14(2,3)4;1-9(2)7-20-13(18)4-5-14(19)21-8-11-6-12(17)16-10(3)15-11;1-8(2)20-13(18)5-4-12(17)19-7-10-6-11(16)15-9(3)14-10;1-3-18-11(16)4-5-12(17)19-7-9-6-10(15)14-8(2)13-9;1-7-12-8(5-9(14)13-7)6-18-11(16)4-3-10(15)17-2;1-6-11-7(4-8(13)12-6)5-17-10(16)3-2-9(14)15/h5-7,15H,1,8H2,2-4H3,(H,16,17);4-6,9,15H,3,7-8H2,1-2H3,(H,16,17);4-6,8,14H,3,7H2,1-2H3,(H,15,16);4-6,13H,2-3,7H2,1H3,(H,14,15);3-5,12H,1,6H2,2H3,(H,13,14);2-4,11H,1,5H2,(H,12,13)(H,14,15)/b6-5+;3*5-4+;4-3+;3-2+. The van der Waals surface area contributed by atoms with Crippen molar-refractivity contribution in [1.82, 2.24) is 63.8 Å². The van der Waals surface area contributed by atoms with Gasteiger partial charge in [0.1, 0.15) is 80.2 Å². The highest BCUT2D eigenvalue weighted by atomic mass is 16.6. The van der Waals surface area contributed by atoms with E-state index < -0.39 is 77.2 Å². The molecule has 0 saturated carbocycles. The molecule has 0 bridgehead atoms. The molecule has 624 valence electrons. The molecule has 0 spiro atoms. The summed E-state index contributed by atoms with van der Waals surface area (Å²) in [6.07, 6.45) is 18.3. The maximum absolute atomic E-state index is 11.4. The van der Waals surface area contributed by atoms with E-state index in [4.69, 9.17) is 43.0 Å². The zero-order valence-electron chi connectivity index (χ0n) is 64.2. The summed E-state index contributed by atoms with van der Waals surface area (Å²) in [6.45, 7) is 34.8. The van der Waals surface area contributed by atoms with Crippen LogP contribution in [0.4, 0.5) is 0 Å². The third-order valence-corrected chi connectivity index (χ3v) is 11.5. The maximum Gasteiger partial charge on any atom is 0.331 e. The van der Waals surface area contributed by atoms with E-state index >= 15 is 0 Å². The van der Waals surface area contributed by atoms with Gasteiger partial charge in [0.25, 0.3) is 35.4 Å². The zero-order chi connectivity index (χ0) is 87.6. The Morgan fingerprint density at radius 3 is 0.759 bits per heavy atom. The molecule has 6 aliphatic rings. The molecule has 42 heteroatoms. The highest BCUT2D eigenvalue weighted by Crippen LogP contribution is 2.10. The predicted molar refractivity (Wildman–Crippen MR) is 401 cm³/mol. The minimum atomic E-state index is -1.25. The molecular weight excluding hydrogens is 1540 g/mol. The number of nitrogens with one attached hydrogen (secondary N) is 12. The van der Waals surface area contributed by atoms with Crippen LogP contribution in [0.3, 0.4) is 0 Å². The van der Waals surface area contributed by atoms with Crippen molar-refractivity contribution >= 4 is 107 Å². The Kier molecular flexibility index (Phi) is 44.7. The molecule has 0 atom stereocenters. The van der Waals surface area contributed by atoms with E-state index in [0.29, 0.717) is 69.4 Å². The molecule has 0 aromatic carbocycles. The molecule has 0 radical (unpaired) electrons. The van der Waals surface area contributed by atoms with Gasteiger partial charge in [0.05, 0.1) is 60.6 Å². The lowest BCUT2D eigenvalue weighted by molar-refractivity contribution is -0.149. The molecule has 0 aromatic heterocycles. The second-order valence-corrected chi connectivity index (χ2v) is 23.9. The van der Waals surface area contributed by atoms with Gasteiger partial charge in [-0.1, -0.05) is 53.3 Å². The summed E-state index contributed by atoms with van der Waals surface area (Å²) in [5.74, 6) is -8.90. The number of carboxylic acids is 1. The van der Waals surface area contributed by atoms with Gasteiger partial charge in [0.2, 0.25) is 0 Å². The quantitative estimate of drug-likeness (QED) is 0.0261. The molecule has 0 fully saturated rings. The highest BCUT2D eigenvalue weighted by Gasteiger charge is 2.20. The Morgan fingerprint density at radius 2 is 0.552 bits per heavy atom. The Bertz CT molecular complexity index is 4240. The van der Waals surface area contributed by atoms with Crippen molar-refractivity contribution in [3.63, 3.8) is 0 Å². The molecule has 0 aliphatic carbocycles. The van der Waals surface area contributed by atoms with Crippen LogP contribution in [0.2, 0.25) is 0 Å². The fraction of sp³-hybridized carbons (Fsp3) is 0.270. The van der Waals surface area contributed by atoms with Gasteiger partial charge in [0.15, 0.2) is 0 Å². The summed E-state index contributed by atoms with van der Waals surface area (Å²) < 4.78 is 52.4. The Hall–Kier alpha value is -15.4. The molecular formula is C74H88N12O30. The number of carbonyl (C=O) groups is 18. The number of ether oxygens (including phenoxy) is 11. The van der Waals surface area contributed by atoms with E-state index in [0.717, 1.165) is 66.8 Å². The third-order valence-electron chi connectivity index (χ3n) is 11.5. The average molecular weight is 1630 g/mol. The average Bonchev–Trinajstić information content (AvgIpc) is 0.913. The van der Waals surface area contributed by atoms with E-state index in [2.05, 4.69) is 117 Å². The lowest BCUT2D eigenvalue weighted by Gasteiger charge is -2.18. The molecule has 13 N–H and O–H groups in total. The number of methoxy groups -OCH3 is 1. The number of hydrogen-bond acceptors (Lipinski definition) is 35. The largest absolute Gasteiger partial charge is 0.478 e. The summed E-state index contributed by atoms with van der Waals surface area (Å²) in [7, 11) is 1.19. The van der Waals surface area contributed by atoms with Crippen LogP contribution in [0.1, 0.15) is 55.4 Å². The van der Waals surface area contributed by atoms with Crippen molar-refractivity contribution in [2.45, 2.75) is 67.1 Å². The van der Waals surface area contributed by atoms with E-state index in [-0.39, 0.29) is 106 Å². The summed E-state index contributed by atoms with van der Waals surface area (Å²) in [5.41, 5.74) is 1.70. The van der Waals surface area contributed by atoms with Crippen molar-refractivity contribution in [3.8, 4) is 0 Å². The first-order valence-corrected chi connectivity index (χ1v) is 33.4. The number of rotatable bonds is 28. The SMILES string of the molecule is C=C1NC(=O)C=C(COC(=O)/C=C/C(=O)O)N1.C=C1NC(=O)C=C(COC(=O)/C=C/C(=O)OC(C)(C)C)N1.C=C1NC(=O)C=C(COC(=O)/C=C/C(=O)OC(C)C)N1.C=C1NC(=O)C=C(COC(=O)/C=C/C(=O)OC)N1.C=C1NC(=O)C=C(COC(=O)/C=C/C(=O)OCC(C)C)N1.C=C1NC(=O)C=C(COC(=O)/C=C/C(=O)OCC)N1. The molecule has 42 nitrogen and oxygen atoms in total. The van der Waals surface area contributed by atoms with Crippen molar-refractivity contribution < 1.29 is 144 Å². The second-order valence-electron chi connectivity index (χ2n) is 23.9. The van der Waals surface area contributed by atoms with E-state index in [1.165, 1.54) is 43.6 Å². The molecule has 0 saturated heterocycles. The van der Waals surface area contributed by atoms with Crippen LogP contribution in [0.5, 0.6) is 0 Å². The van der Waals surface area contributed by atoms with E-state index in [1.807, 2.05) is 13.8 Å².